The van der Waals surface area contributed by atoms with E-state index in [0.717, 1.165) is 24.1 Å². The maximum Gasteiger partial charge on any atom is 0.258 e. The molecule has 6 heteroatoms. The van der Waals surface area contributed by atoms with Gasteiger partial charge in [0.15, 0.2) is 0 Å². The zero-order chi connectivity index (χ0) is 18.7. The third kappa shape index (κ3) is 3.75. The van der Waals surface area contributed by atoms with E-state index in [1.54, 1.807) is 17.0 Å². The molecule has 3 rings (SSSR count). The number of anilines is 2. The van der Waals surface area contributed by atoms with E-state index >= 15 is 0 Å². The summed E-state index contributed by atoms with van der Waals surface area (Å²) in [5.41, 5.74) is 3.07. The van der Waals surface area contributed by atoms with Gasteiger partial charge in [-0.25, -0.2) is 8.42 Å². The molecule has 0 saturated carbocycles. The lowest BCUT2D eigenvalue weighted by Gasteiger charge is -2.23. The van der Waals surface area contributed by atoms with Crippen LogP contribution in [0.25, 0.3) is 0 Å². The summed E-state index contributed by atoms with van der Waals surface area (Å²) in [7, 11) is -3.28. The van der Waals surface area contributed by atoms with Crippen molar-refractivity contribution in [1.29, 1.82) is 0 Å². The van der Waals surface area contributed by atoms with E-state index in [0.29, 0.717) is 30.8 Å². The molecule has 0 radical (unpaired) electrons. The van der Waals surface area contributed by atoms with Crippen LogP contribution < -0.4 is 9.21 Å². The van der Waals surface area contributed by atoms with Gasteiger partial charge >= 0.3 is 0 Å². The Morgan fingerprint density at radius 3 is 2.54 bits per heavy atom. The molecule has 1 heterocycles. The van der Waals surface area contributed by atoms with Crippen LogP contribution in [0.3, 0.4) is 0 Å². The number of carbonyl (C=O) groups excluding carboxylic acids is 1. The molecule has 0 unspecified atom stereocenters. The Balaban J connectivity index is 1.91. The Kier molecular flexibility index (Phi) is 5.32. The fourth-order valence-corrected chi connectivity index (χ4v) is 4.24. The second kappa shape index (κ2) is 7.50. The van der Waals surface area contributed by atoms with Crippen molar-refractivity contribution >= 4 is 27.3 Å². The Morgan fingerprint density at radius 1 is 1.15 bits per heavy atom. The van der Waals surface area contributed by atoms with Crippen LogP contribution in [-0.2, 0) is 16.4 Å². The van der Waals surface area contributed by atoms with Crippen molar-refractivity contribution < 1.29 is 13.2 Å². The van der Waals surface area contributed by atoms with Gasteiger partial charge in [-0.05, 0) is 48.7 Å². The second-order valence-electron chi connectivity index (χ2n) is 6.57. The van der Waals surface area contributed by atoms with Crippen molar-refractivity contribution in [2.24, 2.45) is 0 Å². The predicted molar refractivity (Wildman–Crippen MR) is 105 cm³/mol. The number of amides is 1. The average Bonchev–Trinajstić information content (AvgIpc) is 3.06. The Bertz CT molecular complexity index is 895. The van der Waals surface area contributed by atoms with Crippen molar-refractivity contribution in [2.45, 2.75) is 26.2 Å². The quantitative estimate of drug-likeness (QED) is 0.780. The molecule has 0 atom stereocenters. The van der Waals surface area contributed by atoms with Gasteiger partial charge in [-0.3, -0.25) is 9.10 Å². The lowest BCUT2D eigenvalue weighted by atomic mass is 10.1. The third-order valence-corrected chi connectivity index (χ3v) is 5.81. The summed E-state index contributed by atoms with van der Waals surface area (Å²) in [6.45, 7) is 3.19. The smallest absolute Gasteiger partial charge is 0.258 e. The highest BCUT2D eigenvalue weighted by atomic mass is 32.2. The largest absolute Gasteiger partial charge is 0.308 e. The summed E-state index contributed by atoms with van der Waals surface area (Å²) in [6.07, 6.45) is 3.77. The number of unbranched alkanes of at least 4 members (excludes halogenated alkanes) is 1. The van der Waals surface area contributed by atoms with Gasteiger partial charge < -0.3 is 4.90 Å². The molecule has 138 valence electrons. The normalized spacial score (nSPS) is 13.5. The third-order valence-electron chi connectivity index (χ3n) is 4.63. The van der Waals surface area contributed by atoms with Crippen LogP contribution in [0.5, 0.6) is 0 Å². The van der Waals surface area contributed by atoms with Crippen molar-refractivity contribution in [3.63, 3.8) is 0 Å². The van der Waals surface area contributed by atoms with E-state index in [2.05, 4.69) is 6.92 Å². The molecule has 0 fully saturated rings. The summed E-state index contributed by atoms with van der Waals surface area (Å²) in [4.78, 5) is 14.9. The van der Waals surface area contributed by atoms with Gasteiger partial charge in [0, 0.05) is 24.3 Å². The van der Waals surface area contributed by atoms with E-state index in [9.17, 15) is 13.2 Å². The van der Waals surface area contributed by atoms with Crippen LogP contribution in [0.15, 0.2) is 48.5 Å². The highest BCUT2D eigenvalue weighted by molar-refractivity contribution is 7.92. The maximum absolute atomic E-state index is 13.1. The van der Waals surface area contributed by atoms with Gasteiger partial charge in [0.1, 0.15) is 0 Å². The number of fused-ring (bicyclic) bond motifs is 1. The molecule has 1 aliphatic heterocycles. The standard InChI is InChI=1S/C20H24N2O3S/c1-3-4-13-21(18-8-6-5-7-9-18)20(23)17-10-11-19-16(15-17)12-14-22(19)26(2,24)25/h5-11,15H,3-4,12-14H2,1-2H3. The first kappa shape index (κ1) is 18.5. The van der Waals surface area contributed by atoms with Gasteiger partial charge in [0.05, 0.1) is 11.9 Å². The Morgan fingerprint density at radius 2 is 1.88 bits per heavy atom. The summed E-state index contributed by atoms with van der Waals surface area (Å²) < 4.78 is 25.2. The Labute approximate surface area is 155 Å². The first-order valence-corrected chi connectivity index (χ1v) is 10.7. The molecule has 2 aromatic rings. The van der Waals surface area contributed by atoms with Crippen molar-refractivity contribution in [3.8, 4) is 0 Å². The second-order valence-corrected chi connectivity index (χ2v) is 8.48. The fourth-order valence-electron chi connectivity index (χ4n) is 3.28. The maximum atomic E-state index is 13.1. The monoisotopic (exact) mass is 372 g/mol. The minimum absolute atomic E-state index is 0.0507. The molecule has 2 aromatic carbocycles. The Hall–Kier alpha value is -2.34. The predicted octanol–water partition coefficient (Wildman–Crippen LogP) is 3.46. The molecule has 0 aliphatic carbocycles. The van der Waals surface area contributed by atoms with Gasteiger partial charge in [-0.1, -0.05) is 31.5 Å². The van der Waals surface area contributed by atoms with E-state index in [1.165, 1.54) is 10.6 Å². The summed E-state index contributed by atoms with van der Waals surface area (Å²) >= 11 is 0. The molecule has 1 aliphatic rings. The van der Waals surface area contributed by atoms with E-state index < -0.39 is 10.0 Å². The number of hydrogen-bond donors (Lipinski definition) is 0. The number of benzene rings is 2. The van der Waals surface area contributed by atoms with Gasteiger partial charge in [-0.15, -0.1) is 0 Å². The lowest BCUT2D eigenvalue weighted by molar-refractivity contribution is 0.0986. The molecule has 0 bridgehead atoms. The minimum atomic E-state index is -3.28. The van der Waals surface area contributed by atoms with Gasteiger partial charge in [0.25, 0.3) is 5.91 Å². The van der Waals surface area contributed by atoms with Crippen LogP contribution in [0.1, 0.15) is 35.7 Å². The number of sulfonamides is 1. The average molecular weight is 372 g/mol. The van der Waals surface area contributed by atoms with E-state index in [1.807, 2.05) is 36.4 Å². The van der Waals surface area contributed by atoms with Gasteiger partial charge in [-0.2, -0.15) is 0 Å². The van der Waals surface area contributed by atoms with E-state index in [4.69, 9.17) is 0 Å². The SMILES string of the molecule is CCCCN(C(=O)c1ccc2c(c1)CCN2S(C)(=O)=O)c1ccccc1. The van der Waals surface area contributed by atoms with Crippen molar-refractivity contribution in [2.75, 3.05) is 28.6 Å². The molecule has 0 N–H and O–H groups in total. The first-order chi connectivity index (χ1) is 12.4. The lowest BCUT2D eigenvalue weighted by Crippen LogP contribution is -2.32. The number of nitrogens with zero attached hydrogens (tertiary/aromatic N) is 2. The molecular weight excluding hydrogens is 348 g/mol. The number of para-hydroxylation sites is 1. The highest BCUT2D eigenvalue weighted by Crippen LogP contribution is 2.31. The van der Waals surface area contributed by atoms with Crippen LogP contribution in [0.2, 0.25) is 0 Å². The molecule has 1 amide bonds. The molecule has 5 nitrogen and oxygen atoms in total. The van der Waals surface area contributed by atoms with Crippen LogP contribution in [0, 0.1) is 0 Å². The van der Waals surface area contributed by atoms with Crippen LogP contribution >= 0.6 is 0 Å². The highest BCUT2D eigenvalue weighted by Gasteiger charge is 2.27. The molecule has 0 aromatic heterocycles. The number of rotatable bonds is 6. The summed E-state index contributed by atoms with van der Waals surface area (Å²) in [6, 6.07) is 15.0. The number of hydrogen-bond acceptors (Lipinski definition) is 3. The van der Waals surface area contributed by atoms with E-state index in [-0.39, 0.29) is 5.91 Å². The number of carbonyl (C=O) groups is 1. The summed E-state index contributed by atoms with van der Waals surface area (Å²) in [5, 5.41) is 0. The van der Waals surface area contributed by atoms with Crippen molar-refractivity contribution in [1.82, 2.24) is 0 Å². The zero-order valence-corrected chi connectivity index (χ0v) is 16.0. The fraction of sp³-hybridized carbons (Fsp3) is 0.350. The zero-order valence-electron chi connectivity index (χ0n) is 15.2. The van der Waals surface area contributed by atoms with Crippen molar-refractivity contribution in [3.05, 3.63) is 59.7 Å². The minimum Gasteiger partial charge on any atom is -0.308 e. The molecule has 0 spiro atoms. The van der Waals surface area contributed by atoms with Gasteiger partial charge in [0.2, 0.25) is 10.0 Å². The van der Waals surface area contributed by atoms with Crippen LogP contribution in [-0.4, -0.2) is 33.7 Å². The topological polar surface area (TPSA) is 57.7 Å². The molecule has 26 heavy (non-hydrogen) atoms. The summed E-state index contributed by atoms with van der Waals surface area (Å²) in [5.74, 6) is -0.0507. The molecular formula is C20H24N2O3S. The first-order valence-electron chi connectivity index (χ1n) is 8.89. The van der Waals surface area contributed by atoms with Crippen LogP contribution in [0.4, 0.5) is 11.4 Å². The molecule has 0 saturated heterocycles.